The molecule has 2 N–H and O–H groups in total. The van der Waals surface area contributed by atoms with Crippen molar-refractivity contribution < 1.29 is 14.6 Å². The maximum atomic E-state index is 11.2. The third kappa shape index (κ3) is 4.69. The van der Waals surface area contributed by atoms with Crippen LogP contribution in [0.5, 0.6) is 0 Å². The molecule has 0 atom stereocenters. The highest BCUT2D eigenvalue weighted by atomic mass is 32.1. The molecule has 0 aliphatic heterocycles. The number of nitrogens with zero attached hydrogens (tertiary/aromatic N) is 2. The molecule has 0 amide bonds. The molecular formula is C23H22N3O3S+. The Morgan fingerprint density at radius 3 is 2.50 bits per heavy atom. The summed E-state index contributed by atoms with van der Waals surface area (Å²) in [5, 5.41) is 25.5. The first-order valence-electron chi connectivity index (χ1n) is 9.31. The van der Waals surface area contributed by atoms with Crippen LogP contribution < -0.4 is 9.88 Å². The van der Waals surface area contributed by atoms with Crippen LogP contribution in [0, 0.1) is 30.9 Å². The minimum absolute atomic E-state index is 0.110. The third-order valence-corrected chi connectivity index (χ3v) is 4.90. The van der Waals surface area contributed by atoms with Crippen LogP contribution in [0.4, 0.5) is 11.4 Å². The summed E-state index contributed by atoms with van der Waals surface area (Å²) in [5.41, 5.74) is 4.46. The molecule has 1 heterocycles. The zero-order valence-corrected chi connectivity index (χ0v) is 17.7. The quantitative estimate of drug-likeness (QED) is 0.149. The summed E-state index contributed by atoms with van der Waals surface area (Å²) in [6.45, 7) is 5.91. The van der Waals surface area contributed by atoms with Crippen molar-refractivity contribution in [3.05, 3.63) is 99.4 Å². The molecule has 0 aliphatic rings. The molecule has 6 nitrogen and oxygen atoms in total. The molecule has 0 unspecified atom stereocenters. The molecule has 0 spiro atoms. The Kier molecular flexibility index (Phi) is 6.23. The van der Waals surface area contributed by atoms with Crippen molar-refractivity contribution in [3.63, 3.8) is 0 Å². The van der Waals surface area contributed by atoms with Gasteiger partial charge in [-0.2, -0.15) is 4.57 Å². The van der Waals surface area contributed by atoms with Gasteiger partial charge < -0.3 is 10.4 Å². The molecule has 7 heteroatoms. The van der Waals surface area contributed by atoms with E-state index >= 15 is 0 Å². The summed E-state index contributed by atoms with van der Waals surface area (Å²) in [6, 6.07) is 15.6. The van der Waals surface area contributed by atoms with Gasteiger partial charge in [0.05, 0.1) is 4.92 Å². The number of aryl methyl sites for hydroxylation is 3. The number of hydrogen-bond donors (Lipinski definition) is 2. The summed E-state index contributed by atoms with van der Waals surface area (Å²) >= 11 is 5.65. The Labute approximate surface area is 180 Å². The number of aromatic nitrogens is 1. The van der Waals surface area contributed by atoms with E-state index < -0.39 is 4.92 Å². The lowest BCUT2D eigenvalue weighted by molar-refractivity contribution is -0.576. The molecule has 0 fully saturated rings. The van der Waals surface area contributed by atoms with Gasteiger partial charge in [0.1, 0.15) is 0 Å². The second-order valence-electron chi connectivity index (χ2n) is 7.07. The van der Waals surface area contributed by atoms with Gasteiger partial charge in [0.15, 0.2) is 23.1 Å². The van der Waals surface area contributed by atoms with Gasteiger partial charge in [-0.15, -0.1) is 0 Å². The molecule has 3 aromatic rings. The average Bonchev–Trinajstić information content (AvgIpc) is 2.70. The maximum Gasteiger partial charge on any atom is 0.288 e. The second-order valence-corrected chi connectivity index (χ2v) is 7.47. The summed E-state index contributed by atoms with van der Waals surface area (Å²) in [6.07, 6.45) is 3.60. The molecule has 0 bridgehead atoms. The molecule has 30 heavy (non-hydrogen) atoms. The van der Waals surface area contributed by atoms with Gasteiger partial charge in [-0.3, -0.25) is 10.1 Å². The SMILES string of the molecule is Cc1ccc(NC(=S)C(=C(O)c2cccc([N+](=O)[O-])c2)[n+]2cccc(C)c2)c(C)c1. The van der Waals surface area contributed by atoms with Crippen molar-refractivity contribution in [2.24, 2.45) is 0 Å². The number of nitrogens with one attached hydrogen (secondary N) is 1. The highest BCUT2D eigenvalue weighted by Crippen LogP contribution is 2.24. The topological polar surface area (TPSA) is 79.3 Å². The number of hydrogen-bond acceptors (Lipinski definition) is 4. The summed E-state index contributed by atoms with van der Waals surface area (Å²) in [5.74, 6) is -0.156. The van der Waals surface area contributed by atoms with Crippen LogP contribution in [0.25, 0.3) is 11.5 Å². The summed E-state index contributed by atoms with van der Waals surface area (Å²) < 4.78 is 1.71. The molecular weight excluding hydrogens is 398 g/mol. The fraction of sp³-hybridized carbons (Fsp3) is 0.130. The first kappa shape index (κ1) is 21.1. The smallest absolute Gasteiger partial charge is 0.288 e. The molecule has 0 saturated heterocycles. The van der Waals surface area contributed by atoms with Gasteiger partial charge in [0.25, 0.3) is 11.4 Å². The summed E-state index contributed by atoms with van der Waals surface area (Å²) in [7, 11) is 0. The number of non-ortho nitro benzene ring substituents is 1. The first-order valence-corrected chi connectivity index (χ1v) is 9.72. The Morgan fingerprint density at radius 2 is 1.83 bits per heavy atom. The number of benzene rings is 2. The van der Waals surface area contributed by atoms with Crippen molar-refractivity contribution in [3.8, 4) is 0 Å². The van der Waals surface area contributed by atoms with E-state index in [1.807, 2.05) is 57.3 Å². The monoisotopic (exact) mass is 420 g/mol. The van der Waals surface area contributed by atoms with Gasteiger partial charge in [-0.25, -0.2) is 0 Å². The second kappa shape index (κ2) is 8.84. The number of anilines is 1. The average molecular weight is 421 g/mol. The van der Waals surface area contributed by atoms with E-state index in [-0.39, 0.29) is 11.4 Å². The predicted molar refractivity (Wildman–Crippen MR) is 122 cm³/mol. The molecule has 3 rings (SSSR count). The van der Waals surface area contributed by atoms with E-state index in [0.29, 0.717) is 16.2 Å². The van der Waals surface area contributed by atoms with Gasteiger partial charge in [0.2, 0.25) is 0 Å². The largest absolute Gasteiger partial charge is 0.502 e. The lowest BCUT2D eigenvalue weighted by atomic mass is 10.1. The number of nitro benzene ring substituents is 1. The van der Waals surface area contributed by atoms with Crippen molar-refractivity contribution in [2.45, 2.75) is 20.8 Å². The molecule has 0 saturated carbocycles. The number of aliphatic hydroxyl groups is 1. The van der Waals surface area contributed by atoms with E-state index in [0.717, 1.165) is 22.4 Å². The molecule has 152 valence electrons. The van der Waals surface area contributed by atoms with Crippen molar-refractivity contribution in [1.29, 1.82) is 0 Å². The number of nitro groups is 1. The van der Waals surface area contributed by atoms with Crippen molar-refractivity contribution in [2.75, 3.05) is 5.32 Å². The van der Waals surface area contributed by atoms with E-state index in [4.69, 9.17) is 12.2 Å². The lowest BCUT2D eigenvalue weighted by Gasteiger charge is -2.12. The fourth-order valence-corrected chi connectivity index (χ4v) is 3.43. The standard InChI is InChI=1S/C23H21N3O3S/c1-15-9-10-20(17(3)12-15)24-23(30)21(25-11-5-6-16(2)14-25)22(27)18-7-4-8-19(13-18)26(28)29/h4-14H,1-3H3,(H-,24,27,30)/p+1. The minimum atomic E-state index is -0.498. The molecule has 2 aromatic carbocycles. The first-order chi connectivity index (χ1) is 14.3. The Bertz CT molecular complexity index is 1170. The van der Waals surface area contributed by atoms with Gasteiger partial charge in [-0.05, 0) is 38.5 Å². The number of rotatable bonds is 5. The Balaban J connectivity index is 2.13. The number of aliphatic hydroxyl groups excluding tert-OH is 1. The van der Waals surface area contributed by atoms with Crippen LogP contribution in [0.2, 0.25) is 0 Å². The van der Waals surface area contributed by atoms with Gasteiger partial charge in [-0.1, -0.05) is 42.0 Å². The van der Waals surface area contributed by atoms with Crippen LogP contribution in [0.15, 0.2) is 67.0 Å². The van der Waals surface area contributed by atoms with E-state index in [2.05, 4.69) is 5.32 Å². The van der Waals surface area contributed by atoms with Crippen LogP contribution in [-0.4, -0.2) is 15.0 Å². The highest BCUT2D eigenvalue weighted by molar-refractivity contribution is 7.81. The number of pyridine rings is 1. The Hall–Kier alpha value is -3.58. The van der Waals surface area contributed by atoms with Gasteiger partial charge >= 0.3 is 0 Å². The maximum absolute atomic E-state index is 11.2. The van der Waals surface area contributed by atoms with Crippen LogP contribution in [-0.2, 0) is 0 Å². The molecule has 0 radical (unpaired) electrons. The van der Waals surface area contributed by atoms with Crippen molar-refractivity contribution in [1.82, 2.24) is 0 Å². The lowest BCUT2D eigenvalue weighted by Crippen LogP contribution is -2.38. The fourth-order valence-electron chi connectivity index (χ4n) is 3.12. The summed E-state index contributed by atoms with van der Waals surface area (Å²) in [4.78, 5) is 11.0. The molecule has 0 aliphatic carbocycles. The highest BCUT2D eigenvalue weighted by Gasteiger charge is 2.25. The van der Waals surface area contributed by atoms with E-state index in [9.17, 15) is 15.2 Å². The third-order valence-electron chi connectivity index (χ3n) is 4.61. The molecule has 1 aromatic heterocycles. The Morgan fingerprint density at radius 1 is 1.07 bits per heavy atom. The minimum Gasteiger partial charge on any atom is -0.502 e. The van der Waals surface area contributed by atoms with Gasteiger partial charge in [0, 0.05) is 35.0 Å². The predicted octanol–water partition coefficient (Wildman–Crippen LogP) is 5.13. The normalized spacial score (nSPS) is 11.6. The van der Waals surface area contributed by atoms with E-state index in [1.165, 1.54) is 18.2 Å². The van der Waals surface area contributed by atoms with Crippen molar-refractivity contribution >= 4 is 40.0 Å². The van der Waals surface area contributed by atoms with Crippen LogP contribution in [0.1, 0.15) is 22.3 Å². The van der Waals surface area contributed by atoms with E-state index in [1.54, 1.807) is 16.8 Å². The van der Waals surface area contributed by atoms with Crippen LogP contribution >= 0.6 is 12.2 Å². The zero-order valence-electron chi connectivity index (χ0n) is 16.9. The zero-order chi connectivity index (χ0) is 21.8. The van der Waals surface area contributed by atoms with Crippen LogP contribution in [0.3, 0.4) is 0 Å². The number of thiocarbonyl (C=S) groups is 1.